The smallest absolute Gasteiger partial charge is 0.168 e. The average molecular weight is 406 g/mol. The number of carbonyl (C=O) groups excluding carboxylic acids is 1. The molecule has 5 heteroatoms. The molecule has 0 heterocycles. The molecule has 0 unspecified atom stereocenters. The van der Waals surface area contributed by atoms with Crippen molar-refractivity contribution >= 4 is 49.2 Å². The van der Waals surface area contributed by atoms with E-state index < -0.39 is 0 Å². The van der Waals surface area contributed by atoms with Crippen LogP contribution in [0.1, 0.15) is 15.9 Å². The maximum Gasteiger partial charge on any atom is 0.168 e. The molecule has 0 aliphatic carbocycles. The first-order chi connectivity index (χ1) is 8.97. The molecule has 19 heavy (non-hydrogen) atoms. The molecule has 0 fully saturated rings. The Morgan fingerprint density at radius 3 is 2.47 bits per heavy atom. The van der Waals surface area contributed by atoms with Crippen molar-refractivity contribution in [2.75, 3.05) is 0 Å². The van der Waals surface area contributed by atoms with Gasteiger partial charge in [-0.3, -0.25) is 4.79 Å². The van der Waals surface area contributed by atoms with Crippen LogP contribution in [0.5, 0.6) is 0 Å². The molecule has 0 bridgehead atoms. The first kappa shape index (κ1) is 14.7. The van der Waals surface area contributed by atoms with E-state index in [2.05, 4.69) is 31.9 Å². The van der Waals surface area contributed by atoms with Gasteiger partial charge in [0.15, 0.2) is 5.78 Å². The summed E-state index contributed by atoms with van der Waals surface area (Å²) in [6.07, 6.45) is 0.207. The van der Waals surface area contributed by atoms with Crippen LogP contribution in [-0.4, -0.2) is 5.78 Å². The van der Waals surface area contributed by atoms with Gasteiger partial charge < -0.3 is 0 Å². The van der Waals surface area contributed by atoms with Crippen molar-refractivity contribution < 1.29 is 9.18 Å². The molecule has 0 radical (unpaired) electrons. The molecule has 98 valence electrons. The van der Waals surface area contributed by atoms with Crippen LogP contribution in [0.15, 0.2) is 45.3 Å². The number of carbonyl (C=O) groups is 1. The third-order valence-corrected chi connectivity index (χ3v) is 4.08. The molecule has 0 N–H and O–H groups in total. The van der Waals surface area contributed by atoms with Gasteiger partial charge in [-0.15, -0.1) is 0 Å². The quantitative estimate of drug-likeness (QED) is 0.621. The second-order valence-electron chi connectivity index (χ2n) is 3.97. The maximum absolute atomic E-state index is 13.1. The molecule has 2 aromatic carbocycles. The minimum Gasteiger partial charge on any atom is -0.294 e. The zero-order valence-corrected chi connectivity index (χ0v) is 13.5. The number of halogens is 4. The van der Waals surface area contributed by atoms with E-state index in [4.69, 9.17) is 11.6 Å². The SMILES string of the molecule is O=C(Cc1ccc(F)c(Br)c1)c1ccc(Cl)cc1Br. The van der Waals surface area contributed by atoms with Gasteiger partial charge in [0.05, 0.1) is 4.47 Å². The lowest BCUT2D eigenvalue weighted by atomic mass is 10.0. The first-order valence-electron chi connectivity index (χ1n) is 5.39. The summed E-state index contributed by atoms with van der Waals surface area (Å²) in [7, 11) is 0. The van der Waals surface area contributed by atoms with Crippen LogP contribution in [0, 0.1) is 5.82 Å². The molecule has 0 saturated heterocycles. The summed E-state index contributed by atoms with van der Waals surface area (Å²) in [4.78, 5) is 12.2. The van der Waals surface area contributed by atoms with Gasteiger partial charge in [-0.1, -0.05) is 17.7 Å². The number of hydrogen-bond donors (Lipinski definition) is 0. The lowest BCUT2D eigenvalue weighted by Gasteiger charge is -2.05. The summed E-state index contributed by atoms with van der Waals surface area (Å²) in [5.41, 5.74) is 1.31. The van der Waals surface area contributed by atoms with Gasteiger partial charge in [-0.05, 0) is 67.8 Å². The Kier molecular flexibility index (Phi) is 4.76. The average Bonchev–Trinajstić information content (AvgIpc) is 2.33. The van der Waals surface area contributed by atoms with E-state index in [0.717, 1.165) is 5.56 Å². The van der Waals surface area contributed by atoms with E-state index in [1.165, 1.54) is 6.07 Å². The Hall–Kier alpha value is -0.710. The minimum absolute atomic E-state index is 0.0537. The molecular weight excluding hydrogens is 398 g/mol. The fourth-order valence-corrected chi connectivity index (χ4v) is 2.98. The third kappa shape index (κ3) is 3.65. The largest absolute Gasteiger partial charge is 0.294 e. The Bertz CT molecular complexity index is 643. The van der Waals surface area contributed by atoms with Crippen LogP contribution in [0.2, 0.25) is 5.02 Å². The number of hydrogen-bond acceptors (Lipinski definition) is 1. The Balaban J connectivity index is 2.23. The zero-order valence-electron chi connectivity index (χ0n) is 9.59. The highest BCUT2D eigenvalue weighted by atomic mass is 79.9. The summed E-state index contributed by atoms with van der Waals surface area (Å²) < 4.78 is 14.1. The fraction of sp³-hybridized carbons (Fsp3) is 0.0714. The van der Waals surface area contributed by atoms with Crippen LogP contribution in [0.4, 0.5) is 4.39 Å². The summed E-state index contributed by atoms with van der Waals surface area (Å²) >= 11 is 12.2. The van der Waals surface area contributed by atoms with Crippen LogP contribution in [-0.2, 0) is 6.42 Å². The second kappa shape index (κ2) is 6.16. The Labute approximate surface area is 132 Å². The highest BCUT2D eigenvalue weighted by Gasteiger charge is 2.12. The number of benzene rings is 2. The molecule has 0 aliphatic rings. The van der Waals surface area contributed by atoms with E-state index in [0.29, 0.717) is 19.5 Å². The normalized spacial score (nSPS) is 10.5. The number of Topliss-reactive ketones (excluding diaryl/α,β-unsaturated/α-hetero) is 1. The Morgan fingerprint density at radius 2 is 1.84 bits per heavy atom. The van der Waals surface area contributed by atoms with E-state index in [1.54, 1.807) is 30.3 Å². The van der Waals surface area contributed by atoms with Gasteiger partial charge in [-0.25, -0.2) is 4.39 Å². The van der Waals surface area contributed by atoms with Gasteiger partial charge in [0.1, 0.15) is 5.82 Å². The van der Waals surface area contributed by atoms with Crippen molar-refractivity contribution in [2.24, 2.45) is 0 Å². The molecule has 0 saturated carbocycles. The van der Waals surface area contributed by atoms with Gasteiger partial charge in [0, 0.05) is 21.5 Å². The summed E-state index contributed by atoms with van der Waals surface area (Å²) in [6, 6.07) is 9.56. The van der Waals surface area contributed by atoms with Crippen LogP contribution >= 0.6 is 43.5 Å². The van der Waals surface area contributed by atoms with Gasteiger partial charge in [0.2, 0.25) is 0 Å². The van der Waals surface area contributed by atoms with Gasteiger partial charge >= 0.3 is 0 Å². The van der Waals surface area contributed by atoms with Crippen molar-refractivity contribution in [2.45, 2.75) is 6.42 Å². The van der Waals surface area contributed by atoms with E-state index >= 15 is 0 Å². The maximum atomic E-state index is 13.1. The molecule has 2 aromatic rings. The fourth-order valence-electron chi connectivity index (χ4n) is 1.65. The van der Waals surface area contributed by atoms with Crippen molar-refractivity contribution in [3.63, 3.8) is 0 Å². The number of rotatable bonds is 3. The first-order valence-corrected chi connectivity index (χ1v) is 7.36. The predicted octanol–water partition coefficient (Wildman–Crippen LogP) is 5.43. The van der Waals surface area contributed by atoms with Crippen LogP contribution < -0.4 is 0 Å². The molecule has 0 spiro atoms. The van der Waals surface area contributed by atoms with E-state index in [1.807, 2.05) is 0 Å². The van der Waals surface area contributed by atoms with E-state index in [-0.39, 0.29) is 18.0 Å². The van der Waals surface area contributed by atoms with Gasteiger partial charge in [0.25, 0.3) is 0 Å². The van der Waals surface area contributed by atoms with E-state index in [9.17, 15) is 9.18 Å². The minimum atomic E-state index is -0.344. The summed E-state index contributed by atoms with van der Waals surface area (Å²) in [5.74, 6) is -0.397. The van der Waals surface area contributed by atoms with Crippen molar-refractivity contribution in [3.05, 3.63) is 67.3 Å². The molecule has 2 rings (SSSR count). The molecule has 0 atom stereocenters. The molecular formula is C14H8Br2ClFO. The van der Waals surface area contributed by atoms with Gasteiger partial charge in [-0.2, -0.15) is 0 Å². The Morgan fingerprint density at radius 1 is 1.11 bits per heavy atom. The summed E-state index contributed by atoms with van der Waals surface area (Å²) in [5, 5.41) is 0.563. The zero-order chi connectivity index (χ0) is 14.0. The monoisotopic (exact) mass is 404 g/mol. The highest BCUT2D eigenvalue weighted by molar-refractivity contribution is 9.10. The molecule has 0 aliphatic heterocycles. The molecule has 0 aromatic heterocycles. The lowest BCUT2D eigenvalue weighted by Crippen LogP contribution is -2.04. The van der Waals surface area contributed by atoms with Crippen LogP contribution in [0.25, 0.3) is 0 Å². The third-order valence-electron chi connectivity index (χ3n) is 2.58. The van der Waals surface area contributed by atoms with Crippen LogP contribution in [0.3, 0.4) is 0 Å². The predicted molar refractivity (Wildman–Crippen MR) is 81.3 cm³/mol. The van der Waals surface area contributed by atoms with Crippen molar-refractivity contribution in [3.8, 4) is 0 Å². The highest BCUT2D eigenvalue weighted by Crippen LogP contribution is 2.24. The lowest BCUT2D eigenvalue weighted by molar-refractivity contribution is 0.0992. The van der Waals surface area contributed by atoms with Crippen molar-refractivity contribution in [1.29, 1.82) is 0 Å². The second-order valence-corrected chi connectivity index (χ2v) is 6.12. The molecule has 1 nitrogen and oxygen atoms in total. The number of ketones is 1. The standard InChI is InChI=1S/C14H8Br2ClFO/c15-11-7-9(17)2-3-10(11)14(19)6-8-1-4-13(18)12(16)5-8/h1-5,7H,6H2. The summed E-state index contributed by atoms with van der Waals surface area (Å²) in [6.45, 7) is 0. The van der Waals surface area contributed by atoms with Crippen molar-refractivity contribution in [1.82, 2.24) is 0 Å². The topological polar surface area (TPSA) is 17.1 Å². The molecule has 0 amide bonds.